The number of rotatable bonds is 11. The molecule has 1 N–H and O–H groups in total. The first kappa shape index (κ1) is 29.2. The predicted molar refractivity (Wildman–Crippen MR) is 151 cm³/mol. The van der Waals surface area contributed by atoms with Crippen LogP contribution in [0, 0.1) is 12.8 Å². The number of hydrogen-bond donors (Lipinski definition) is 1. The lowest BCUT2D eigenvalue weighted by atomic mass is 10.1. The van der Waals surface area contributed by atoms with Crippen LogP contribution in [0.3, 0.4) is 0 Å². The number of halogens is 1. The van der Waals surface area contributed by atoms with Crippen molar-refractivity contribution < 1.29 is 18.0 Å². The van der Waals surface area contributed by atoms with E-state index in [0.717, 1.165) is 15.4 Å². The van der Waals surface area contributed by atoms with Crippen molar-refractivity contribution in [2.45, 2.75) is 45.2 Å². The minimum Gasteiger partial charge on any atom is -0.354 e. The van der Waals surface area contributed by atoms with Gasteiger partial charge in [0, 0.05) is 18.1 Å². The molecule has 3 aromatic carbocycles. The van der Waals surface area contributed by atoms with Gasteiger partial charge < -0.3 is 10.2 Å². The molecule has 7 nitrogen and oxygen atoms in total. The Morgan fingerprint density at radius 1 is 0.921 bits per heavy atom. The molecule has 202 valence electrons. The Morgan fingerprint density at radius 2 is 1.53 bits per heavy atom. The Hall–Kier alpha value is -3.36. The highest BCUT2D eigenvalue weighted by molar-refractivity contribution is 7.92. The van der Waals surface area contributed by atoms with Crippen molar-refractivity contribution >= 4 is 39.1 Å². The van der Waals surface area contributed by atoms with E-state index in [-0.39, 0.29) is 29.0 Å². The maximum atomic E-state index is 13.9. The topological polar surface area (TPSA) is 86.8 Å². The zero-order chi connectivity index (χ0) is 27.9. The zero-order valence-electron chi connectivity index (χ0n) is 22.1. The Morgan fingerprint density at radius 3 is 2.11 bits per heavy atom. The third-order valence-corrected chi connectivity index (χ3v) is 8.30. The first-order chi connectivity index (χ1) is 18.0. The maximum Gasteiger partial charge on any atom is 0.264 e. The summed E-state index contributed by atoms with van der Waals surface area (Å²) in [5.74, 6) is -0.585. The van der Waals surface area contributed by atoms with Crippen LogP contribution in [-0.4, -0.2) is 44.3 Å². The van der Waals surface area contributed by atoms with E-state index in [1.165, 1.54) is 23.1 Å². The first-order valence-corrected chi connectivity index (χ1v) is 14.3. The standard InChI is InChI=1S/C29H34ClN3O4S/c1-21(2)18-31-29(35)23(4)32(19-24-11-7-5-8-12-24)28(34)20-33(25-16-15-22(3)27(30)17-25)38(36,37)26-13-9-6-10-14-26/h5-17,21,23H,18-20H2,1-4H3,(H,31,35)/t23-/m0/s1. The van der Waals surface area contributed by atoms with E-state index in [0.29, 0.717) is 11.6 Å². The van der Waals surface area contributed by atoms with Gasteiger partial charge in [0.15, 0.2) is 0 Å². The van der Waals surface area contributed by atoms with Crippen LogP contribution in [-0.2, 0) is 26.2 Å². The molecule has 0 aliphatic rings. The molecular formula is C29H34ClN3O4S. The van der Waals surface area contributed by atoms with Crippen LogP contribution in [0.25, 0.3) is 0 Å². The second-order valence-corrected chi connectivity index (χ2v) is 11.8. The van der Waals surface area contributed by atoms with Crippen LogP contribution in [0.1, 0.15) is 31.9 Å². The molecule has 0 aliphatic heterocycles. The lowest BCUT2D eigenvalue weighted by molar-refractivity contribution is -0.139. The second-order valence-electron chi connectivity index (χ2n) is 9.58. The van der Waals surface area contributed by atoms with Gasteiger partial charge in [-0.1, -0.05) is 80.0 Å². The number of nitrogens with one attached hydrogen (secondary N) is 1. The Labute approximate surface area is 230 Å². The molecule has 0 aromatic heterocycles. The second kappa shape index (κ2) is 12.9. The molecule has 0 saturated carbocycles. The van der Waals surface area contributed by atoms with E-state index < -0.39 is 28.5 Å². The lowest BCUT2D eigenvalue weighted by Gasteiger charge is -2.32. The number of carbonyl (C=O) groups is 2. The van der Waals surface area contributed by atoms with Crippen LogP contribution in [0.2, 0.25) is 5.02 Å². The molecule has 38 heavy (non-hydrogen) atoms. The minimum absolute atomic E-state index is 0.0434. The fourth-order valence-electron chi connectivity index (χ4n) is 3.80. The number of carbonyl (C=O) groups excluding carboxylic acids is 2. The Balaban J connectivity index is 2.01. The monoisotopic (exact) mass is 555 g/mol. The summed E-state index contributed by atoms with van der Waals surface area (Å²) < 4.78 is 28.6. The molecule has 0 radical (unpaired) electrons. The Bertz CT molecular complexity index is 1350. The van der Waals surface area contributed by atoms with Gasteiger partial charge in [-0.05, 0) is 55.2 Å². The van der Waals surface area contributed by atoms with E-state index in [9.17, 15) is 18.0 Å². The number of anilines is 1. The number of amides is 2. The van der Waals surface area contributed by atoms with Gasteiger partial charge in [-0.25, -0.2) is 8.42 Å². The summed E-state index contributed by atoms with van der Waals surface area (Å²) in [6.45, 7) is 7.53. The smallest absolute Gasteiger partial charge is 0.264 e. The summed E-state index contributed by atoms with van der Waals surface area (Å²) in [5.41, 5.74) is 1.86. The zero-order valence-corrected chi connectivity index (χ0v) is 23.7. The summed E-state index contributed by atoms with van der Waals surface area (Å²) in [6.07, 6.45) is 0. The van der Waals surface area contributed by atoms with Gasteiger partial charge in [0.05, 0.1) is 10.6 Å². The number of nitrogens with zero attached hydrogens (tertiary/aromatic N) is 2. The summed E-state index contributed by atoms with van der Waals surface area (Å²) in [6, 6.07) is 21.2. The molecule has 0 heterocycles. The molecule has 0 saturated heterocycles. The highest BCUT2D eigenvalue weighted by Gasteiger charge is 2.32. The molecule has 3 rings (SSSR count). The first-order valence-electron chi connectivity index (χ1n) is 12.5. The van der Waals surface area contributed by atoms with Crippen molar-refractivity contribution in [3.8, 4) is 0 Å². The van der Waals surface area contributed by atoms with Gasteiger partial charge in [-0.2, -0.15) is 0 Å². The van der Waals surface area contributed by atoms with Crippen LogP contribution in [0.4, 0.5) is 5.69 Å². The fourth-order valence-corrected chi connectivity index (χ4v) is 5.40. The summed E-state index contributed by atoms with van der Waals surface area (Å²) in [7, 11) is -4.13. The molecule has 0 bridgehead atoms. The van der Waals surface area contributed by atoms with Gasteiger partial charge in [0.25, 0.3) is 10.0 Å². The highest BCUT2D eigenvalue weighted by atomic mass is 35.5. The van der Waals surface area contributed by atoms with Crippen molar-refractivity contribution in [3.05, 3.63) is 95.0 Å². The van der Waals surface area contributed by atoms with E-state index in [4.69, 9.17) is 11.6 Å². The summed E-state index contributed by atoms with van der Waals surface area (Å²) in [5, 5.41) is 3.26. The van der Waals surface area contributed by atoms with Crippen LogP contribution < -0.4 is 9.62 Å². The van der Waals surface area contributed by atoms with E-state index in [2.05, 4.69) is 5.32 Å². The molecule has 1 atom stereocenters. The molecular weight excluding hydrogens is 522 g/mol. The van der Waals surface area contributed by atoms with Crippen molar-refractivity contribution in [3.63, 3.8) is 0 Å². The Kier molecular flexibility index (Phi) is 9.94. The molecule has 0 aliphatic carbocycles. The summed E-state index contributed by atoms with van der Waals surface area (Å²) >= 11 is 6.34. The molecule has 3 aromatic rings. The van der Waals surface area contributed by atoms with Crippen LogP contribution in [0.5, 0.6) is 0 Å². The number of aryl methyl sites for hydroxylation is 1. The van der Waals surface area contributed by atoms with E-state index in [1.54, 1.807) is 37.3 Å². The SMILES string of the molecule is Cc1ccc(N(CC(=O)N(Cc2ccccc2)[C@@H](C)C(=O)NCC(C)C)S(=O)(=O)c2ccccc2)cc1Cl. The predicted octanol–water partition coefficient (Wildman–Crippen LogP) is 5.03. The summed E-state index contributed by atoms with van der Waals surface area (Å²) in [4.78, 5) is 28.3. The quantitative estimate of drug-likeness (QED) is 0.359. The van der Waals surface area contributed by atoms with Crippen molar-refractivity contribution in [2.75, 3.05) is 17.4 Å². The molecule has 2 amide bonds. The van der Waals surface area contributed by atoms with Gasteiger partial charge in [0.2, 0.25) is 11.8 Å². The van der Waals surface area contributed by atoms with Crippen LogP contribution in [0.15, 0.2) is 83.8 Å². The number of benzene rings is 3. The van der Waals surface area contributed by atoms with Gasteiger partial charge >= 0.3 is 0 Å². The normalized spacial score (nSPS) is 12.2. The third kappa shape index (κ3) is 7.36. The van der Waals surface area contributed by atoms with E-state index in [1.807, 2.05) is 51.1 Å². The minimum atomic E-state index is -4.13. The fraction of sp³-hybridized carbons (Fsp3) is 0.310. The van der Waals surface area contributed by atoms with Gasteiger partial charge in [0.1, 0.15) is 12.6 Å². The van der Waals surface area contributed by atoms with E-state index >= 15 is 0 Å². The lowest BCUT2D eigenvalue weighted by Crippen LogP contribution is -2.51. The molecule has 0 unspecified atom stereocenters. The molecule has 9 heteroatoms. The maximum absolute atomic E-state index is 13.9. The average Bonchev–Trinajstić information content (AvgIpc) is 2.91. The third-order valence-electron chi connectivity index (χ3n) is 6.10. The largest absolute Gasteiger partial charge is 0.354 e. The highest BCUT2D eigenvalue weighted by Crippen LogP contribution is 2.28. The van der Waals surface area contributed by atoms with Gasteiger partial charge in [-0.15, -0.1) is 0 Å². The molecule has 0 spiro atoms. The van der Waals surface area contributed by atoms with Crippen molar-refractivity contribution in [1.29, 1.82) is 0 Å². The van der Waals surface area contributed by atoms with Gasteiger partial charge in [-0.3, -0.25) is 13.9 Å². The van der Waals surface area contributed by atoms with Crippen molar-refractivity contribution in [2.24, 2.45) is 5.92 Å². The number of hydrogen-bond acceptors (Lipinski definition) is 4. The average molecular weight is 556 g/mol. The number of sulfonamides is 1. The van der Waals surface area contributed by atoms with Crippen LogP contribution >= 0.6 is 11.6 Å². The molecule has 0 fully saturated rings. The van der Waals surface area contributed by atoms with Crippen molar-refractivity contribution in [1.82, 2.24) is 10.2 Å².